The third-order valence-electron chi connectivity index (χ3n) is 5.95. The van der Waals surface area contributed by atoms with Gasteiger partial charge >= 0.3 is 0 Å². The van der Waals surface area contributed by atoms with Gasteiger partial charge in [0.15, 0.2) is 0 Å². The fraction of sp³-hybridized carbons (Fsp3) is 0.346. The van der Waals surface area contributed by atoms with Crippen LogP contribution in [0.5, 0.6) is 5.75 Å². The van der Waals surface area contributed by atoms with E-state index in [1.54, 1.807) is 24.4 Å². The van der Waals surface area contributed by atoms with E-state index in [1.807, 2.05) is 24.3 Å². The number of amides is 1. The van der Waals surface area contributed by atoms with Crippen LogP contribution in [0.2, 0.25) is 0 Å². The maximum atomic E-state index is 14.8. The van der Waals surface area contributed by atoms with Gasteiger partial charge in [-0.05, 0) is 36.4 Å². The van der Waals surface area contributed by atoms with Crippen molar-refractivity contribution >= 4 is 5.91 Å². The Morgan fingerprint density at radius 3 is 2.59 bits per heavy atom. The predicted molar refractivity (Wildman–Crippen MR) is 129 cm³/mol. The van der Waals surface area contributed by atoms with Crippen molar-refractivity contribution in [3.63, 3.8) is 0 Å². The Morgan fingerprint density at radius 1 is 1.09 bits per heavy atom. The molecule has 0 spiro atoms. The van der Waals surface area contributed by atoms with Crippen LogP contribution in [0.4, 0.5) is 4.39 Å². The normalized spacial score (nSPS) is 14.6. The van der Waals surface area contributed by atoms with Gasteiger partial charge in [0.25, 0.3) is 0 Å². The Morgan fingerprint density at radius 2 is 1.88 bits per heavy atom. The molecule has 0 radical (unpaired) electrons. The number of likely N-dealkylation sites (N-methyl/N-ethyl adjacent to an activating group) is 1. The molecule has 8 heteroatoms. The minimum absolute atomic E-state index is 0.101. The number of carbonyl (C=O) groups excluding carboxylic acids is 1. The first kappa shape index (κ1) is 23.8. The Kier molecular flexibility index (Phi) is 8.17. The van der Waals surface area contributed by atoms with Crippen molar-refractivity contribution < 1.29 is 13.9 Å². The van der Waals surface area contributed by atoms with Crippen molar-refractivity contribution in [2.45, 2.75) is 13.0 Å². The lowest BCUT2D eigenvalue weighted by Crippen LogP contribution is -2.45. The molecule has 0 atom stereocenters. The summed E-state index contributed by atoms with van der Waals surface area (Å²) in [5, 5.41) is 2.84. The topological polar surface area (TPSA) is 70.6 Å². The number of hydrogen-bond donors (Lipinski definition) is 1. The van der Waals surface area contributed by atoms with Crippen LogP contribution in [0.3, 0.4) is 0 Å². The largest absolute Gasteiger partial charge is 0.492 e. The first-order valence-electron chi connectivity index (χ1n) is 11.5. The highest BCUT2D eigenvalue weighted by Gasteiger charge is 2.14. The number of nitrogens with one attached hydrogen (secondary N) is 1. The number of benzene rings is 2. The van der Waals surface area contributed by atoms with E-state index in [4.69, 9.17) is 4.74 Å². The van der Waals surface area contributed by atoms with Crippen LogP contribution >= 0.6 is 0 Å². The molecule has 1 aromatic heterocycles. The molecule has 0 unspecified atom stereocenters. The van der Waals surface area contributed by atoms with E-state index in [2.05, 4.69) is 32.1 Å². The van der Waals surface area contributed by atoms with Crippen molar-refractivity contribution in [2.24, 2.45) is 0 Å². The van der Waals surface area contributed by atoms with Gasteiger partial charge in [0.1, 0.15) is 24.5 Å². The van der Waals surface area contributed by atoms with Gasteiger partial charge in [0.05, 0.1) is 18.7 Å². The molecular formula is C26H30FN5O2. The lowest BCUT2D eigenvalue weighted by atomic mass is 10.0. The van der Waals surface area contributed by atoms with E-state index in [0.29, 0.717) is 24.5 Å². The lowest BCUT2D eigenvalue weighted by Gasteiger charge is -2.32. The summed E-state index contributed by atoms with van der Waals surface area (Å²) in [7, 11) is 2.13. The molecule has 7 nitrogen and oxygen atoms in total. The van der Waals surface area contributed by atoms with Crippen LogP contribution in [0.15, 0.2) is 61.1 Å². The lowest BCUT2D eigenvalue weighted by molar-refractivity contribution is -0.120. The zero-order valence-corrected chi connectivity index (χ0v) is 19.4. The smallest absolute Gasteiger partial charge is 0.224 e. The first-order chi connectivity index (χ1) is 16.6. The van der Waals surface area contributed by atoms with Crippen LogP contribution < -0.4 is 10.1 Å². The van der Waals surface area contributed by atoms with Crippen LogP contribution in [-0.4, -0.2) is 72.1 Å². The average Bonchev–Trinajstić information content (AvgIpc) is 2.85. The zero-order chi connectivity index (χ0) is 23.8. The number of ether oxygens (including phenoxy) is 1. The van der Waals surface area contributed by atoms with Gasteiger partial charge in [-0.15, -0.1) is 0 Å². The number of nitrogens with zero attached hydrogens (tertiary/aromatic N) is 4. The second kappa shape index (κ2) is 11.7. The van der Waals surface area contributed by atoms with Gasteiger partial charge in [0.2, 0.25) is 5.91 Å². The molecule has 178 valence electrons. The zero-order valence-electron chi connectivity index (χ0n) is 19.4. The van der Waals surface area contributed by atoms with Gasteiger partial charge in [-0.1, -0.05) is 24.3 Å². The molecule has 1 N–H and O–H groups in total. The summed E-state index contributed by atoms with van der Waals surface area (Å²) in [4.78, 5) is 24.8. The van der Waals surface area contributed by atoms with Crippen molar-refractivity contribution in [3.8, 4) is 16.9 Å². The van der Waals surface area contributed by atoms with Gasteiger partial charge in [-0.2, -0.15) is 0 Å². The van der Waals surface area contributed by atoms with Crippen molar-refractivity contribution in [1.82, 2.24) is 25.1 Å². The standard InChI is InChI=1S/C26H30FN5O2/c1-31-10-12-32(13-11-31)14-15-34-23-6-7-24(25(27)17-23)21-4-2-20(3-5-21)16-26(33)29-18-22-8-9-28-19-30-22/h2-9,17,19H,10-16,18H2,1H3,(H,29,33). The summed E-state index contributed by atoms with van der Waals surface area (Å²) >= 11 is 0. The summed E-state index contributed by atoms with van der Waals surface area (Å²) < 4.78 is 20.5. The monoisotopic (exact) mass is 463 g/mol. The van der Waals surface area contributed by atoms with E-state index in [0.717, 1.165) is 49.5 Å². The van der Waals surface area contributed by atoms with Gasteiger partial charge < -0.3 is 15.0 Å². The Balaban J connectivity index is 1.26. The highest BCUT2D eigenvalue weighted by molar-refractivity contribution is 5.78. The molecule has 0 aliphatic carbocycles. The Labute approximate surface area is 199 Å². The predicted octanol–water partition coefficient (Wildman–Crippen LogP) is 2.77. The summed E-state index contributed by atoms with van der Waals surface area (Å²) in [5.74, 6) is 0.107. The van der Waals surface area contributed by atoms with Crippen LogP contribution in [0.25, 0.3) is 11.1 Å². The second-order valence-corrected chi connectivity index (χ2v) is 8.49. The molecule has 2 aromatic carbocycles. The molecule has 1 aliphatic rings. The summed E-state index contributed by atoms with van der Waals surface area (Å²) in [6, 6.07) is 14.1. The average molecular weight is 464 g/mol. The molecule has 0 saturated carbocycles. The van der Waals surface area contributed by atoms with Crippen LogP contribution in [0.1, 0.15) is 11.3 Å². The molecule has 1 saturated heterocycles. The second-order valence-electron chi connectivity index (χ2n) is 8.49. The first-order valence-corrected chi connectivity index (χ1v) is 11.5. The fourth-order valence-corrected chi connectivity index (χ4v) is 3.85. The van der Waals surface area contributed by atoms with Gasteiger partial charge in [-0.3, -0.25) is 9.69 Å². The molecular weight excluding hydrogens is 433 g/mol. The highest BCUT2D eigenvalue weighted by atomic mass is 19.1. The molecule has 1 amide bonds. The molecule has 0 bridgehead atoms. The summed E-state index contributed by atoms with van der Waals surface area (Å²) in [5.41, 5.74) is 2.87. The summed E-state index contributed by atoms with van der Waals surface area (Å²) in [6.45, 7) is 5.93. The maximum Gasteiger partial charge on any atom is 0.224 e. The number of rotatable bonds is 9. The molecule has 3 aromatic rings. The van der Waals surface area contributed by atoms with E-state index in [9.17, 15) is 9.18 Å². The number of hydrogen-bond acceptors (Lipinski definition) is 6. The third kappa shape index (κ3) is 6.82. The van der Waals surface area contributed by atoms with E-state index >= 15 is 0 Å². The molecule has 2 heterocycles. The number of piperazine rings is 1. The van der Waals surface area contributed by atoms with Crippen LogP contribution in [-0.2, 0) is 17.8 Å². The number of aromatic nitrogens is 2. The van der Waals surface area contributed by atoms with Gasteiger partial charge in [-0.25, -0.2) is 14.4 Å². The molecule has 1 fully saturated rings. The molecule has 4 rings (SSSR count). The fourth-order valence-electron chi connectivity index (χ4n) is 3.85. The SMILES string of the molecule is CN1CCN(CCOc2ccc(-c3ccc(CC(=O)NCc4ccncn4)cc3)c(F)c2)CC1. The van der Waals surface area contributed by atoms with E-state index in [-0.39, 0.29) is 18.1 Å². The molecule has 34 heavy (non-hydrogen) atoms. The third-order valence-corrected chi connectivity index (χ3v) is 5.95. The number of carbonyl (C=O) groups is 1. The molecule has 1 aliphatic heterocycles. The quantitative estimate of drug-likeness (QED) is 0.526. The minimum Gasteiger partial charge on any atom is -0.492 e. The maximum absolute atomic E-state index is 14.8. The van der Waals surface area contributed by atoms with Crippen LogP contribution in [0, 0.1) is 5.82 Å². The highest BCUT2D eigenvalue weighted by Crippen LogP contribution is 2.26. The van der Waals surface area contributed by atoms with Gasteiger partial charge in [0, 0.05) is 50.6 Å². The van der Waals surface area contributed by atoms with E-state index in [1.165, 1.54) is 12.4 Å². The Hall–Kier alpha value is -3.36. The summed E-state index contributed by atoms with van der Waals surface area (Å²) in [6.07, 6.45) is 3.33. The minimum atomic E-state index is -0.326. The van der Waals surface area contributed by atoms with Crippen molar-refractivity contribution in [2.75, 3.05) is 46.4 Å². The van der Waals surface area contributed by atoms with E-state index < -0.39 is 0 Å². The van der Waals surface area contributed by atoms with Crippen molar-refractivity contribution in [1.29, 1.82) is 0 Å². The number of halogens is 1. The van der Waals surface area contributed by atoms with Crippen molar-refractivity contribution in [3.05, 3.63) is 78.1 Å². The Bertz CT molecular complexity index is 1070.